The predicted octanol–water partition coefficient (Wildman–Crippen LogP) is 1.22. The molecule has 0 aliphatic heterocycles. The predicted molar refractivity (Wildman–Crippen MR) is 66.2 cm³/mol. The highest BCUT2D eigenvalue weighted by molar-refractivity contribution is 6.31. The Kier molecular flexibility index (Phi) is 3.73. The first-order chi connectivity index (χ1) is 8.20. The molecular formula is C11H14ClN5. The van der Waals surface area contributed by atoms with Crippen molar-refractivity contribution in [2.24, 2.45) is 12.9 Å². The standard InChI is InChI=1S/C11H14ClN5/c1-17-5-3-10(16-17)11(15-13)6-8-2-4-14-7-9(8)12/h2-5,7,11,15H,6,13H2,1H3. The minimum absolute atomic E-state index is 0.0592. The summed E-state index contributed by atoms with van der Waals surface area (Å²) in [6, 6.07) is 3.76. The van der Waals surface area contributed by atoms with Gasteiger partial charge in [-0.2, -0.15) is 5.10 Å². The Balaban J connectivity index is 2.18. The van der Waals surface area contributed by atoms with Gasteiger partial charge in [0.25, 0.3) is 0 Å². The number of nitrogens with two attached hydrogens (primary N) is 1. The summed E-state index contributed by atoms with van der Waals surface area (Å²) in [6.45, 7) is 0. The Hall–Kier alpha value is -1.43. The van der Waals surface area contributed by atoms with Crippen LogP contribution in [-0.4, -0.2) is 14.8 Å². The van der Waals surface area contributed by atoms with Gasteiger partial charge in [-0.3, -0.25) is 20.9 Å². The molecule has 2 aromatic heterocycles. The molecule has 90 valence electrons. The van der Waals surface area contributed by atoms with Crippen molar-refractivity contribution in [3.05, 3.63) is 47.0 Å². The van der Waals surface area contributed by atoms with Gasteiger partial charge >= 0.3 is 0 Å². The molecule has 0 saturated heterocycles. The SMILES string of the molecule is Cn1ccc(C(Cc2ccncc2Cl)NN)n1. The number of hydrazine groups is 1. The molecule has 0 aliphatic carbocycles. The van der Waals surface area contributed by atoms with Crippen molar-refractivity contribution in [3.8, 4) is 0 Å². The third kappa shape index (κ3) is 2.82. The van der Waals surface area contributed by atoms with Crippen LogP contribution in [-0.2, 0) is 13.5 Å². The van der Waals surface area contributed by atoms with E-state index in [4.69, 9.17) is 17.4 Å². The molecule has 0 amide bonds. The molecule has 1 atom stereocenters. The maximum atomic E-state index is 6.06. The Morgan fingerprint density at radius 1 is 1.53 bits per heavy atom. The molecule has 1 unspecified atom stereocenters. The van der Waals surface area contributed by atoms with E-state index in [9.17, 15) is 0 Å². The molecule has 3 N–H and O–H groups in total. The number of aromatic nitrogens is 3. The van der Waals surface area contributed by atoms with Crippen LogP contribution in [0.1, 0.15) is 17.3 Å². The van der Waals surface area contributed by atoms with Crippen molar-refractivity contribution >= 4 is 11.6 Å². The highest BCUT2D eigenvalue weighted by Crippen LogP contribution is 2.21. The summed E-state index contributed by atoms with van der Waals surface area (Å²) < 4.78 is 1.74. The van der Waals surface area contributed by atoms with Crippen LogP contribution in [0.25, 0.3) is 0 Å². The summed E-state index contributed by atoms with van der Waals surface area (Å²) in [5, 5.41) is 4.97. The Labute approximate surface area is 105 Å². The summed E-state index contributed by atoms with van der Waals surface area (Å²) in [6.07, 6.45) is 5.90. The smallest absolute Gasteiger partial charge is 0.0810 e. The van der Waals surface area contributed by atoms with E-state index in [0.29, 0.717) is 11.4 Å². The van der Waals surface area contributed by atoms with Crippen LogP contribution in [0.4, 0.5) is 0 Å². The van der Waals surface area contributed by atoms with Gasteiger partial charge in [0.1, 0.15) is 0 Å². The van der Waals surface area contributed by atoms with Gasteiger partial charge in [-0.15, -0.1) is 0 Å². The zero-order chi connectivity index (χ0) is 12.3. The van der Waals surface area contributed by atoms with Crippen LogP contribution in [0.2, 0.25) is 5.02 Å². The first-order valence-electron chi connectivity index (χ1n) is 5.24. The van der Waals surface area contributed by atoms with E-state index < -0.39 is 0 Å². The summed E-state index contributed by atoms with van der Waals surface area (Å²) >= 11 is 6.06. The zero-order valence-corrected chi connectivity index (χ0v) is 10.2. The van der Waals surface area contributed by atoms with E-state index in [0.717, 1.165) is 11.3 Å². The minimum atomic E-state index is -0.0592. The van der Waals surface area contributed by atoms with Gasteiger partial charge in [-0.25, -0.2) is 0 Å². The van der Waals surface area contributed by atoms with Crippen LogP contribution < -0.4 is 11.3 Å². The third-order valence-electron chi connectivity index (χ3n) is 2.57. The van der Waals surface area contributed by atoms with E-state index >= 15 is 0 Å². The lowest BCUT2D eigenvalue weighted by molar-refractivity contribution is 0.529. The van der Waals surface area contributed by atoms with Crippen LogP contribution in [0, 0.1) is 0 Å². The van der Waals surface area contributed by atoms with Crippen molar-refractivity contribution in [1.29, 1.82) is 0 Å². The number of hydrogen-bond donors (Lipinski definition) is 2. The summed E-state index contributed by atoms with van der Waals surface area (Å²) in [4.78, 5) is 3.95. The zero-order valence-electron chi connectivity index (χ0n) is 9.47. The van der Waals surface area contributed by atoms with Crippen molar-refractivity contribution in [1.82, 2.24) is 20.2 Å². The van der Waals surface area contributed by atoms with E-state index in [-0.39, 0.29) is 6.04 Å². The second-order valence-electron chi connectivity index (χ2n) is 3.80. The normalized spacial score (nSPS) is 12.6. The number of rotatable bonds is 4. The van der Waals surface area contributed by atoms with E-state index in [2.05, 4.69) is 15.5 Å². The van der Waals surface area contributed by atoms with E-state index in [1.165, 1.54) is 0 Å². The van der Waals surface area contributed by atoms with Gasteiger partial charge in [-0.1, -0.05) is 11.6 Å². The fourth-order valence-corrected chi connectivity index (χ4v) is 1.85. The van der Waals surface area contributed by atoms with Crippen LogP contribution >= 0.6 is 11.6 Å². The Morgan fingerprint density at radius 2 is 2.35 bits per heavy atom. The number of hydrogen-bond acceptors (Lipinski definition) is 4. The molecule has 0 spiro atoms. The van der Waals surface area contributed by atoms with Gasteiger partial charge in [0, 0.05) is 25.6 Å². The number of pyridine rings is 1. The maximum Gasteiger partial charge on any atom is 0.0810 e. The van der Waals surface area contributed by atoms with Gasteiger partial charge in [0.2, 0.25) is 0 Å². The monoisotopic (exact) mass is 251 g/mol. The second-order valence-corrected chi connectivity index (χ2v) is 4.21. The summed E-state index contributed by atoms with van der Waals surface area (Å²) in [5.74, 6) is 5.55. The lowest BCUT2D eigenvalue weighted by atomic mass is 10.1. The molecular weight excluding hydrogens is 238 g/mol. The molecule has 2 heterocycles. The van der Waals surface area contributed by atoms with Crippen LogP contribution in [0.5, 0.6) is 0 Å². The van der Waals surface area contributed by atoms with E-state index in [1.54, 1.807) is 17.1 Å². The Morgan fingerprint density at radius 3 is 2.94 bits per heavy atom. The molecule has 0 aliphatic rings. The highest BCUT2D eigenvalue weighted by Gasteiger charge is 2.14. The van der Waals surface area contributed by atoms with Crippen LogP contribution in [0.15, 0.2) is 30.7 Å². The Bertz CT molecular complexity index is 496. The number of aryl methyl sites for hydroxylation is 1. The van der Waals surface area contributed by atoms with Gasteiger partial charge < -0.3 is 0 Å². The molecule has 17 heavy (non-hydrogen) atoms. The number of nitrogens with one attached hydrogen (secondary N) is 1. The summed E-state index contributed by atoms with van der Waals surface area (Å²) in [7, 11) is 1.87. The van der Waals surface area contributed by atoms with Crippen molar-refractivity contribution in [2.75, 3.05) is 0 Å². The molecule has 0 radical (unpaired) electrons. The number of halogens is 1. The van der Waals surface area contributed by atoms with Gasteiger partial charge in [0.15, 0.2) is 0 Å². The summed E-state index contributed by atoms with van der Waals surface area (Å²) in [5.41, 5.74) is 4.64. The highest BCUT2D eigenvalue weighted by atomic mass is 35.5. The van der Waals surface area contributed by atoms with Crippen LogP contribution in [0.3, 0.4) is 0 Å². The molecule has 6 heteroatoms. The molecule has 0 bridgehead atoms. The molecule has 2 rings (SSSR count). The topological polar surface area (TPSA) is 68.8 Å². The quantitative estimate of drug-likeness (QED) is 0.633. The maximum absolute atomic E-state index is 6.06. The first kappa shape index (κ1) is 12.0. The average molecular weight is 252 g/mol. The number of nitrogens with zero attached hydrogens (tertiary/aromatic N) is 3. The third-order valence-corrected chi connectivity index (χ3v) is 2.91. The molecule has 5 nitrogen and oxygen atoms in total. The van der Waals surface area contributed by atoms with Gasteiger partial charge in [-0.05, 0) is 24.1 Å². The molecule has 2 aromatic rings. The van der Waals surface area contributed by atoms with Crippen molar-refractivity contribution in [3.63, 3.8) is 0 Å². The lowest BCUT2D eigenvalue weighted by Gasteiger charge is -2.14. The fourth-order valence-electron chi connectivity index (χ4n) is 1.66. The van der Waals surface area contributed by atoms with E-state index in [1.807, 2.05) is 25.4 Å². The fraction of sp³-hybridized carbons (Fsp3) is 0.273. The van der Waals surface area contributed by atoms with Crippen molar-refractivity contribution < 1.29 is 0 Å². The second kappa shape index (κ2) is 5.27. The molecule has 0 fully saturated rings. The van der Waals surface area contributed by atoms with Gasteiger partial charge in [0.05, 0.1) is 16.8 Å². The van der Waals surface area contributed by atoms with Crippen molar-refractivity contribution in [2.45, 2.75) is 12.5 Å². The average Bonchev–Trinajstić information content (AvgIpc) is 2.75. The lowest BCUT2D eigenvalue weighted by Crippen LogP contribution is -2.30. The molecule has 0 saturated carbocycles. The molecule has 0 aromatic carbocycles. The minimum Gasteiger partial charge on any atom is -0.275 e. The largest absolute Gasteiger partial charge is 0.275 e. The first-order valence-corrected chi connectivity index (χ1v) is 5.62.